The number of non-ortho nitro benzene ring substituents is 1. The third-order valence-electron chi connectivity index (χ3n) is 6.42. The number of rotatable bonds is 11. The maximum atomic E-state index is 12.7. The Labute approximate surface area is 243 Å². The van der Waals surface area contributed by atoms with Crippen LogP contribution in [0.2, 0.25) is 5.02 Å². The highest BCUT2D eigenvalue weighted by atomic mass is 35.5. The third-order valence-corrected chi connectivity index (χ3v) is 6.71. The van der Waals surface area contributed by atoms with Gasteiger partial charge in [0, 0.05) is 38.3 Å². The Kier molecular flexibility index (Phi) is 8.86. The molecule has 0 unspecified atom stereocenters. The molecule has 0 aromatic heterocycles. The molecule has 3 aromatic carbocycles. The van der Waals surface area contributed by atoms with E-state index in [0.29, 0.717) is 36.3 Å². The number of fused-ring (bicyclic) bond motifs is 1. The molecule has 0 bridgehead atoms. The Bertz CT molecular complexity index is 1610. The first-order chi connectivity index (χ1) is 20.0. The third kappa shape index (κ3) is 6.23. The molecule has 0 atom stereocenters. The zero-order valence-corrected chi connectivity index (χ0v) is 23.2. The molecular weight excluding hydrogens is 570 g/mol. The number of benzene rings is 3. The van der Waals surface area contributed by atoms with E-state index in [9.17, 15) is 34.6 Å². The van der Waals surface area contributed by atoms with Gasteiger partial charge in [-0.05, 0) is 43.7 Å². The predicted molar refractivity (Wildman–Crippen MR) is 154 cm³/mol. The molecule has 1 N–H and O–H groups in total. The second-order valence-electron chi connectivity index (χ2n) is 9.13. The van der Waals surface area contributed by atoms with E-state index in [1.165, 1.54) is 11.8 Å². The Morgan fingerprint density at radius 2 is 1.67 bits per heavy atom. The first kappa shape index (κ1) is 29.7. The predicted octanol–water partition coefficient (Wildman–Crippen LogP) is 6.04. The lowest BCUT2D eigenvalue weighted by molar-refractivity contribution is -0.393. The van der Waals surface area contributed by atoms with Crippen molar-refractivity contribution in [2.75, 3.05) is 29.9 Å². The van der Waals surface area contributed by atoms with Gasteiger partial charge in [0.1, 0.15) is 5.69 Å². The summed E-state index contributed by atoms with van der Waals surface area (Å²) in [6.45, 7) is 4.49. The lowest BCUT2D eigenvalue weighted by Gasteiger charge is -2.25. The number of nitrogens with zero attached hydrogens (tertiary/aromatic N) is 6. The summed E-state index contributed by atoms with van der Waals surface area (Å²) in [6, 6.07) is 13.2. The van der Waals surface area contributed by atoms with Gasteiger partial charge in [0.15, 0.2) is 5.69 Å². The van der Waals surface area contributed by atoms with Crippen LogP contribution >= 0.6 is 11.6 Å². The van der Waals surface area contributed by atoms with Crippen LogP contribution in [0, 0.1) is 20.2 Å². The smallest absolute Gasteiger partial charge is 0.305 e. The Balaban J connectivity index is 1.54. The van der Waals surface area contributed by atoms with E-state index in [2.05, 4.69) is 15.5 Å². The van der Waals surface area contributed by atoms with Gasteiger partial charge in [0.05, 0.1) is 37.7 Å². The van der Waals surface area contributed by atoms with Crippen molar-refractivity contribution < 1.29 is 24.2 Å². The molecule has 0 saturated heterocycles. The highest BCUT2D eigenvalue weighted by Crippen LogP contribution is 2.40. The largest absolute Gasteiger partial charge is 0.372 e. The number of hydrogen-bond acceptors (Lipinski definition) is 10. The van der Waals surface area contributed by atoms with Crippen LogP contribution in [0.3, 0.4) is 0 Å². The maximum Gasteiger partial charge on any atom is 0.305 e. The van der Waals surface area contributed by atoms with Gasteiger partial charge in [-0.25, -0.2) is 0 Å². The molecule has 3 amide bonds. The van der Waals surface area contributed by atoms with Crippen LogP contribution < -0.4 is 10.2 Å². The average Bonchev–Trinajstić information content (AvgIpc) is 3.19. The van der Waals surface area contributed by atoms with Crippen LogP contribution in [-0.4, -0.2) is 52.1 Å². The van der Waals surface area contributed by atoms with E-state index in [4.69, 9.17) is 11.6 Å². The number of amides is 3. The van der Waals surface area contributed by atoms with E-state index in [-0.39, 0.29) is 40.4 Å². The first-order valence-corrected chi connectivity index (χ1v) is 13.1. The zero-order chi connectivity index (χ0) is 30.6. The van der Waals surface area contributed by atoms with Crippen molar-refractivity contribution in [1.29, 1.82) is 0 Å². The molecule has 216 valence electrons. The van der Waals surface area contributed by atoms with Crippen molar-refractivity contribution in [1.82, 2.24) is 4.90 Å². The average molecular weight is 594 g/mol. The number of anilines is 2. The van der Waals surface area contributed by atoms with Gasteiger partial charge >= 0.3 is 5.69 Å². The monoisotopic (exact) mass is 593 g/mol. The van der Waals surface area contributed by atoms with Crippen LogP contribution in [0.5, 0.6) is 0 Å². The van der Waals surface area contributed by atoms with Crippen LogP contribution in [0.15, 0.2) is 64.8 Å². The molecule has 4 rings (SSSR count). The Morgan fingerprint density at radius 1 is 1.00 bits per heavy atom. The molecule has 3 aromatic rings. The van der Waals surface area contributed by atoms with Crippen LogP contribution in [0.25, 0.3) is 0 Å². The molecule has 0 radical (unpaired) electrons. The molecule has 0 aliphatic carbocycles. The molecule has 42 heavy (non-hydrogen) atoms. The fourth-order valence-electron chi connectivity index (χ4n) is 4.45. The number of halogens is 1. The van der Waals surface area contributed by atoms with Crippen molar-refractivity contribution >= 4 is 63.4 Å². The summed E-state index contributed by atoms with van der Waals surface area (Å²) in [5.41, 5.74) is 0.223. The van der Waals surface area contributed by atoms with Crippen molar-refractivity contribution in [2.24, 2.45) is 10.2 Å². The van der Waals surface area contributed by atoms with Crippen molar-refractivity contribution in [3.8, 4) is 0 Å². The van der Waals surface area contributed by atoms with Gasteiger partial charge in [-0.2, -0.15) is 0 Å². The number of carbonyl (C=O) groups is 3. The zero-order valence-electron chi connectivity index (χ0n) is 22.4. The summed E-state index contributed by atoms with van der Waals surface area (Å²) in [5, 5.41) is 32.8. The molecule has 0 fully saturated rings. The van der Waals surface area contributed by atoms with Gasteiger partial charge in [0.25, 0.3) is 17.5 Å². The summed E-state index contributed by atoms with van der Waals surface area (Å²) in [4.78, 5) is 61.4. The minimum absolute atomic E-state index is 0.153. The number of hydrogen-bond donors (Lipinski definition) is 1. The van der Waals surface area contributed by atoms with Crippen molar-refractivity contribution in [2.45, 2.75) is 20.3 Å². The minimum atomic E-state index is -0.855. The first-order valence-electron chi connectivity index (χ1n) is 12.7. The summed E-state index contributed by atoms with van der Waals surface area (Å²) in [7, 11) is 0. The van der Waals surface area contributed by atoms with E-state index >= 15 is 0 Å². The SMILES string of the molecule is CCN(CCCN1C(=O)c2ccccc2C1=O)c1ccc(/N=N/c2c(Cl)cc([N+](=O)[O-])cc2[N+](=O)[O-])c(NC(C)=O)c1. The quantitative estimate of drug-likeness (QED) is 0.121. The second kappa shape index (κ2) is 12.5. The highest BCUT2D eigenvalue weighted by Gasteiger charge is 2.34. The molecule has 1 aliphatic rings. The molecule has 15 heteroatoms. The van der Waals surface area contributed by atoms with E-state index in [1.54, 1.807) is 42.5 Å². The fraction of sp³-hybridized carbons (Fsp3) is 0.222. The number of nitro groups is 2. The van der Waals surface area contributed by atoms with Gasteiger partial charge in [-0.3, -0.25) is 39.5 Å². The second-order valence-corrected chi connectivity index (χ2v) is 9.54. The summed E-state index contributed by atoms with van der Waals surface area (Å²) >= 11 is 6.05. The highest BCUT2D eigenvalue weighted by molar-refractivity contribution is 6.33. The summed E-state index contributed by atoms with van der Waals surface area (Å²) < 4.78 is 0. The Morgan fingerprint density at radius 3 is 2.24 bits per heavy atom. The number of nitro benzene ring substituents is 2. The van der Waals surface area contributed by atoms with Crippen LogP contribution in [0.4, 0.5) is 34.1 Å². The standard InChI is InChI=1S/C27H24ClN7O7/c1-3-32(11-6-12-33-26(37)19-7-4-5-8-20(19)27(33)38)17-9-10-22(23(14-17)29-16(2)36)30-31-25-21(28)13-18(34(39)40)15-24(25)35(41)42/h4-5,7-10,13-15H,3,6,11-12H2,1-2H3,(H,29,36)/b31-30+. The Hall–Kier alpha value is -5.24. The van der Waals surface area contributed by atoms with E-state index in [0.717, 1.165) is 12.1 Å². The lowest BCUT2D eigenvalue weighted by Crippen LogP contribution is -2.33. The normalized spacial score (nSPS) is 12.5. The van der Waals surface area contributed by atoms with Gasteiger partial charge in [-0.15, -0.1) is 10.2 Å². The van der Waals surface area contributed by atoms with E-state index < -0.39 is 27.1 Å². The molecule has 0 saturated carbocycles. The number of azo groups is 1. The molecule has 0 spiro atoms. The topological polar surface area (TPSA) is 181 Å². The molecule has 1 aliphatic heterocycles. The van der Waals surface area contributed by atoms with Gasteiger partial charge in [0.2, 0.25) is 5.91 Å². The van der Waals surface area contributed by atoms with Crippen LogP contribution in [0.1, 0.15) is 41.0 Å². The van der Waals surface area contributed by atoms with Crippen molar-refractivity contribution in [3.05, 3.63) is 91.0 Å². The number of nitrogens with one attached hydrogen (secondary N) is 1. The van der Waals surface area contributed by atoms with Gasteiger partial charge < -0.3 is 10.2 Å². The molecule has 14 nitrogen and oxygen atoms in total. The van der Waals surface area contributed by atoms with Crippen molar-refractivity contribution in [3.63, 3.8) is 0 Å². The maximum absolute atomic E-state index is 12.7. The number of imide groups is 1. The number of carbonyl (C=O) groups excluding carboxylic acids is 3. The van der Waals surface area contributed by atoms with Crippen LogP contribution in [-0.2, 0) is 4.79 Å². The summed E-state index contributed by atoms with van der Waals surface area (Å²) in [6.07, 6.45) is 0.485. The van der Waals surface area contributed by atoms with Gasteiger partial charge in [-0.1, -0.05) is 23.7 Å². The molecular formula is C27H24ClN7O7. The van der Waals surface area contributed by atoms with E-state index in [1.807, 2.05) is 11.8 Å². The minimum Gasteiger partial charge on any atom is -0.372 e. The lowest BCUT2D eigenvalue weighted by atomic mass is 10.1. The summed E-state index contributed by atoms with van der Waals surface area (Å²) in [5.74, 6) is -1.05. The fourth-order valence-corrected chi connectivity index (χ4v) is 4.69. The molecule has 1 heterocycles.